The Morgan fingerprint density at radius 1 is 1.21 bits per heavy atom. The molecule has 5 rings (SSSR count). The highest BCUT2D eigenvalue weighted by Gasteiger charge is 2.48. The molecule has 1 aromatic carbocycles. The lowest BCUT2D eigenvalue weighted by Gasteiger charge is -2.31. The SMILES string of the molecule is Cc1cc([C@H](C(=O)N2C[C@H](O)C[C@H]2C2=NC(=O)[C@@](C)(c3ccc(-c4cccnc4C)cc3)N2)C(C)C)on1. The zero-order valence-corrected chi connectivity index (χ0v) is 22.3. The number of amidine groups is 1. The van der Waals surface area contributed by atoms with Crippen LogP contribution in [-0.2, 0) is 15.1 Å². The molecule has 0 spiro atoms. The topological polar surface area (TPSA) is 121 Å². The third kappa shape index (κ3) is 4.51. The maximum absolute atomic E-state index is 13.8. The molecule has 4 heterocycles. The van der Waals surface area contributed by atoms with Gasteiger partial charge in [-0.15, -0.1) is 0 Å². The molecule has 2 aliphatic rings. The number of aromatic nitrogens is 2. The van der Waals surface area contributed by atoms with Crippen LogP contribution in [0.3, 0.4) is 0 Å². The van der Waals surface area contributed by atoms with Crippen LogP contribution in [0, 0.1) is 19.8 Å². The molecule has 2 N–H and O–H groups in total. The number of amides is 2. The summed E-state index contributed by atoms with van der Waals surface area (Å²) in [6.45, 7) is 9.62. The molecule has 0 saturated carbocycles. The van der Waals surface area contributed by atoms with E-state index in [0.29, 0.717) is 23.7 Å². The standard InChI is InChI=1S/C29H33N5O4/c1-16(2)25(24-13-17(3)33-38-24)27(36)34-15-21(35)14-23(34)26-31-28(37)29(5,32-26)20-10-8-19(9-11-20)22-7-6-12-30-18(22)4/h6-13,16,21,23,25,35H,14-15H2,1-5H3,(H,31,32,37)/t21-,23+,25-,29-/m1/s1. The summed E-state index contributed by atoms with van der Waals surface area (Å²) in [5.41, 5.74) is 3.34. The first-order valence-corrected chi connectivity index (χ1v) is 12.9. The number of rotatable bonds is 6. The second-order valence-corrected chi connectivity index (χ2v) is 10.8. The minimum Gasteiger partial charge on any atom is -0.391 e. The number of pyridine rings is 1. The fraction of sp³-hybridized carbons (Fsp3) is 0.414. The van der Waals surface area contributed by atoms with Gasteiger partial charge in [0, 0.05) is 36.5 Å². The molecule has 0 bridgehead atoms. The van der Waals surface area contributed by atoms with Crippen LogP contribution in [0.15, 0.2) is 58.2 Å². The van der Waals surface area contributed by atoms with Gasteiger partial charge in [-0.25, -0.2) is 0 Å². The highest BCUT2D eigenvalue weighted by atomic mass is 16.5. The Balaban J connectivity index is 1.39. The van der Waals surface area contributed by atoms with E-state index in [4.69, 9.17) is 4.52 Å². The summed E-state index contributed by atoms with van der Waals surface area (Å²) in [6, 6.07) is 12.9. The number of benzene rings is 1. The molecule has 1 fully saturated rings. The molecule has 2 aromatic heterocycles. The van der Waals surface area contributed by atoms with E-state index in [9.17, 15) is 14.7 Å². The first-order chi connectivity index (χ1) is 18.1. The first-order valence-electron chi connectivity index (χ1n) is 12.9. The number of β-amino-alcohol motifs (C(OH)–C–C–N with tert-alkyl or cyclic N) is 1. The Hall–Kier alpha value is -3.85. The van der Waals surface area contributed by atoms with E-state index in [-0.39, 0.29) is 24.3 Å². The number of carbonyl (C=O) groups is 2. The minimum atomic E-state index is -1.08. The van der Waals surface area contributed by atoms with Crippen molar-refractivity contribution in [3.63, 3.8) is 0 Å². The van der Waals surface area contributed by atoms with E-state index in [1.807, 2.05) is 64.1 Å². The molecule has 0 radical (unpaired) electrons. The zero-order valence-electron chi connectivity index (χ0n) is 22.3. The molecule has 0 aliphatic carbocycles. The first kappa shape index (κ1) is 25.8. The van der Waals surface area contributed by atoms with Crippen LogP contribution in [0.5, 0.6) is 0 Å². The molecule has 9 heteroatoms. The van der Waals surface area contributed by atoms with Crippen molar-refractivity contribution in [2.24, 2.45) is 10.9 Å². The average Bonchev–Trinajstić information content (AvgIpc) is 3.57. The van der Waals surface area contributed by atoms with Gasteiger partial charge in [-0.05, 0) is 43.9 Å². The number of aliphatic hydroxyl groups excluding tert-OH is 1. The zero-order chi connectivity index (χ0) is 27.2. The maximum atomic E-state index is 13.8. The van der Waals surface area contributed by atoms with Crippen LogP contribution in [0.1, 0.15) is 55.8 Å². The Kier molecular flexibility index (Phi) is 6.65. The Morgan fingerprint density at radius 2 is 1.95 bits per heavy atom. The minimum absolute atomic E-state index is 0.0550. The van der Waals surface area contributed by atoms with Gasteiger partial charge in [-0.2, -0.15) is 4.99 Å². The lowest BCUT2D eigenvalue weighted by atomic mass is 9.90. The van der Waals surface area contributed by atoms with Crippen molar-refractivity contribution in [2.75, 3.05) is 6.54 Å². The van der Waals surface area contributed by atoms with Gasteiger partial charge < -0.3 is 19.8 Å². The summed E-state index contributed by atoms with van der Waals surface area (Å²) in [4.78, 5) is 37.4. The fourth-order valence-corrected chi connectivity index (χ4v) is 5.45. The van der Waals surface area contributed by atoms with Crippen LogP contribution in [-0.4, -0.2) is 56.5 Å². The van der Waals surface area contributed by atoms with Crippen LogP contribution < -0.4 is 5.32 Å². The van der Waals surface area contributed by atoms with E-state index >= 15 is 0 Å². The molecule has 9 nitrogen and oxygen atoms in total. The molecule has 38 heavy (non-hydrogen) atoms. The fourth-order valence-electron chi connectivity index (χ4n) is 5.45. The van der Waals surface area contributed by atoms with E-state index in [1.54, 1.807) is 24.1 Å². The second-order valence-electron chi connectivity index (χ2n) is 10.8. The Bertz CT molecular complexity index is 1400. The van der Waals surface area contributed by atoms with Gasteiger partial charge in [-0.3, -0.25) is 14.6 Å². The van der Waals surface area contributed by atoms with Gasteiger partial charge in [-0.1, -0.05) is 49.3 Å². The molecule has 3 aromatic rings. The third-order valence-electron chi connectivity index (χ3n) is 7.57. The number of nitrogens with zero attached hydrogens (tertiary/aromatic N) is 4. The summed E-state index contributed by atoms with van der Waals surface area (Å²) in [5, 5.41) is 17.8. The van der Waals surface area contributed by atoms with E-state index in [2.05, 4.69) is 20.4 Å². The van der Waals surface area contributed by atoms with Crippen LogP contribution >= 0.6 is 0 Å². The summed E-state index contributed by atoms with van der Waals surface area (Å²) in [7, 11) is 0. The molecule has 4 atom stereocenters. The normalized spacial score (nSPS) is 24.0. The quantitative estimate of drug-likeness (QED) is 0.515. The lowest BCUT2D eigenvalue weighted by molar-refractivity contribution is -0.134. The van der Waals surface area contributed by atoms with Crippen LogP contribution in [0.2, 0.25) is 0 Å². The number of aliphatic imine (C=N–C) groups is 1. The van der Waals surface area contributed by atoms with Gasteiger partial charge in [0.25, 0.3) is 5.91 Å². The predicted octanol–water partition coefficient (Wildman–Crippen LogP) is 3.50. The van der Waals surface area contributed by atoms with Crippen molar-refractivity contribution in [3.05, 3.63) is 71.4 Å². The second kappa shape index (κ2) is 9.79. The predicted molar refractivity (Wildman–Crippen MR) is 142 cm³/mol. The van der Waals surface area contributed by atoms with Crippen molar-refractivity contribution < 1.29 is 19.2 Å². The van der Waals surface area contributed by atoms with Gasteiger partial charge in [0.15, 0.2) is 0 Å². The molecular weight excluding hydrogens is 482 g/mol. The smallest absolute Gasteiger partial charge is 0.277 e. The van der Waals surface area contributed by atoms with Crippen molar-refractivity contribution in [2.45, 2.75) is 64.6 Å². The highest BCUT2D eigenvalue weighted by molar-refractivity contribution is 6.09. The number of nitrogens with one attached hydrogen (secondary N) is 1. The van der Waals surface area contributed by atoms with Crippen molar-refractivity contribution in [3.8, 4) is 11.1 Å². The van der Waals surface area contributed by atoms with Crippen molar-refractivity contribution in [1.29, 1.82) is 0 Å². The number of carbonyl (C=O) groups excluding carboxylic acids is 2. The lowest BCUT2D eigenvalue weighted by Crippen LogP contribution is -2.51. The molecule has 0 unspecified atom stereocenters. The van der Waals surface area contributed by atoms with E-state index in [0.717, 1.165) is 22.4 Å². The largest absolute Gasteiger partial charge is 0.391 e. The highest BCUT2D eigenvalue weighted by Crippen LogP contribution is 2.34. The number of aryl methyl sites for hydroxylation is 2. The molecule has 2 amide bonds. The van der Waals surface area contributed by atoms with E-state index < -0.39 is 23.6 Å². The van der Waals surface area contributed by atoms with Gasteiger partial charge in [0.1, 0.15) is 23.1 Å². The summed E-state index contributed by atoms with van der Waals surface area (Å²) >= 11 is 0. The number of likely N-dealkylation sites (tertiary alicyclic amines) is 1. The molecule has 198 valence electrons. The van der Waals surface area contributed by atoms with Crippen molar-refractivity contribution >= 4 is 17.6 Å². The van der Waals surface area contributed by atoms with Crippen LogP contribution in [0.4, 0.5) is 0 Å². The summed E-state index contributed by atoms with van der Waals surface area (Å²) in [5.74, 6) is -0.242. The van der Waals surface area contributed by atoms with Gasteiger partial charge in [0.2, 0.25) is 5.91 Å². The molecule has 2 aliphatic heterocycles. The van der Waals surface area contributed by atoms with Crippen molar-refractivity contribution in [1.82, 2.24) is 20.4 Å². The Labute approximate surface area is 222 Å². The maximum Gasteiger partial charge on any atom is 0.277 e. The molecular formula is C29H33N5O4. The van der Waals surface area contributed by atoms with E-state index in [1.165, 1.54) is 0 Å². The number of hydrogen-bond acceptors (Lipinski definition) is 7. The Morgan fingerprint density at radius 3 is 2.58 bits per heavy atom. The molecule has 1 saturated heterocycles. The summed E-state index contributed by atoms with van der Waals surface area (Å²) in [6.07, 6.45) is 1.33. The number of aliphatic hydroxyl groups is 1. The van der Waals surface area contributed by atoms with Gasteiger partial charge in [0.05, 0.1) is 17.8 Å². The monoisotopic (exact) mass is 515 g/mol. The number of hydrogen-bond donors (Lipinski definition) is 2. The van der Waals surface area contributed by atoms with Gasteiger partial charge >= 0.3 is 0 Å². The third-order valence-corrected chi connectivity index (χ3v) is 7.57. The summed E-state index contributed by atoms with van der Waals surface area (Å²) < 4.78 is 5.45. The van der Waals surface area contributed by atoms with Crippen LogP contribution in [0.25, 0.3) is 11.1 Å². The average molecular weight is 516 g/mol.